The standard InChI is InChI=1S/C19H19N5O/c1-13-7-12-21-18(22-13)16-3-5-17(6-4-16)24-19(25)23-14(2)15-8-10-20-11-9-15/h3-12,14H,1-2H3,(H2,23,24,25). The maximum Gasteiger partial charge on any atom is 0.319 e. The van der Waals surface area contributed by atoms with Crippen molar-refractivity contribution in [3.05, 3.63) is 72.3 Å². The van der Waals surface area contributed by atoms with E-state index in [9.17, 15) is 4.79 Å². The summed E-state index contributed by atoms with van der Waals surface area (Å²) in [5.41, 5.74) is 3.52. The highest BCUT2D eigenvalue weighted by Crippen LogP contribution is 2.18. The Kier molecular flexibility index (Phi) is 4.99. The van der Waals surface area contributed by atoms with Crippen molar-refractivity contribution in [3.63, 3.8) is 0 Å². The Morgan fingerprint density at radius 1 is 1.00 bits per heavy atom. The zero-order valence-electron chi connectivity index (χ0n) is 14.1. The van der Waals surface area contributed by atoms with Gasteiger partial charge in [0.1, 0.15) is 0 Å². The van der Waals surface area contributed by atoms with Crippen LogP contribution >= 0.6 is 0 Å². The second-order valence-corrected chi connectivity index (χ2v) is 5.70. The van der Waals surface area contributed by atoms with Gasteiger partial charge in [-0.25, -0.2) is 14.8 Å². The fourth-order valence-corrected chi connectivity index (χ4v) is 2.39. The van der Waals surface area contributed by atoms with Crippen LogP contribution in [0.25, 0.3) is 11.4 Å². The zero-order chi connectivity index (χ0) is 17.6. The largest absolute Gasteiger partial charge is 0.331 e. The number of nitrogens with one attached hydrogen (secondary N) is 2. The number of urea groups is 1. The number of rotatable bonds is 4. The number of pyridine rings is 1. The van der Waals surface area contributed by atoms with E-state index < -0.39 is 0 Å². The van der Waals surface area contributed by atoms with E-state index in [1.54, 1.807) is 18.6 Å². The minimum atomic E-state index is -0.260. The molecule has 0 aliphatic carbocycles. The van der Waals surface area contributed by atoms with Gasteiger partial charge in [0, 0.05) is 35.5 Å². The molecular weight excluding hydrogens is 314 g/mol. The van der Waals surface area contributed by atoms with E-state index in [2.05, 4.69) is 25.6 Å². The third-order valence-corrected chi connectivity index (χ3v) is 3.75. The first-order valence-corrected chi connectivity index (χ1v) is 7.99. The Bertz CT molecular complexity index is 849. The molecule has 0 fully saturated rings. The topological polar surface area (TPSA) is 79.8 Å². The number of benzene rings is 1. The number of aryl methyl sites for hydroxylation is 1. The van der Waals surface area contributed by atoms with Crippen molar-refractivity contribution < 1.29 is 4.79 Å². The molecule has 0 spiro atoms. The van der Waals surface area contributed by atoms with Crippen molar-refractivity contribution in [2.75, 3.05) is 5.32 Å². The minimum absolute atomic E-state index is 0.108. The number of nitrogens with zero attached hydrogens (tertiary/aromatic N) is 3. The fraction of sp³-hybridized carbons (Fsp3) is 0.158. The first-order valence-electron chi connectivity index (χ1n) is 7.99. The Morgan fingerprint density at radius 3 is 2.40 bits per heavy atom. The molecule has 0 saturated carbocycles. The molecule has 2 amide bonds. The van der Waals surface area contributed by atoms with Crippen LogP contribution in [0.2, 0.25) is 0 Å². The van der Waals surface area contributed by atoms with Crippen LogP contribution in [0.3, 0.4) is 0 Å². The number of carbonyl (C=O) groups excluding carboxylic acids is 1. The maximum absolute atomic E-state index is 12.1. The average molecular weight is 333 g/mol. The van der Waals surface area contributed by atoms with Crippen molar-refractivity contribution in [1.82, 2.24) is 20.3 Å². The van der Waals surface area contributed by atoms with E-state index in [0.29, 0.717) is 11.5 Å². The van der Waals surface area contributed by atoms with Gasteiger partial charge in [0.25, 0.3) is 0 Å². The molecule has 126 valence electrons. The molecule has 6 heteroatoms. The molecular formula is C19H19N5O. The lowest BCUT2D eigenvalue weighted by molar-refractivity contribution is 0.249. The molecule has 1 aromatic carbocycles. The number of carbonyl (C=O) groups is 1. The van der Waals surface area contributed by atoms with Gasteiger partial charge >= 0.3 is 6.03 Å². The van der Waals surface area contributed by atoms with Crippen LogP contribution < -0.4 is 10.6 Å². The van der Waals surface area contributed by atoms with Crippen LogP contribution in [0.1, 0.15) is 24.2 Å². The summed E-state index contributed by atoms with van der Waals surface area (Å²) in [6, 6.07) is 12.7. The molecule has 0 aliphatic heterocycles. The second-order valence-electron chi connectivity index (χ2n) is 5.70. The van der Waals surface area contributed by atoms with Crippen LogP contribution in [0.4, 0.5) is 10.5 Å². The molecule has 0 bridgehead atoms. The van der Waals surface area contributed by atoms with E-state index in [0.717, 1.165) is 16.8 Å². The quantitative estimate of drug-likeness (QED) is 0.762. The van der Waals surface area contributed by atoms with Gasteiger partial charge in [-0.15, -0.1) is 0 Å². The summed E-state index contributed by atoms with van der Waals surface area (Å²) in [7, 11) is 0. The normalized spacial score (nSPS) is 11.6. The minimum Gasteiger partial charge on any atom is -0.331 e. The van der Waals surface area contributed by atoms with Gasteiger partial charge in [0.05, 0.1) is 6.04 Å². The van der Waals surface area contributed by atoms with E-state index in [1.807, 2.05) is 56.3 Å². The molecule has 1 unspecified atom stereocenters. The highest BCUT2D eigenvalue weighted by molar-refractivity contribution is 5.89. The highest BCUT2D eigenvalue weighted by atomic mass is 16.2. The van der Waals surface area contributed by atoms with Crippen LogP contribution in [-0.4, -0.2) is 21.0 Å². The summed E-state index contributed by atoms with van der Waals surface area (Å²) < 4.78 is 0. The molecule has 3 rings (SSSR count). The third-order valence-electron chi connectivity index (χ3n) is 3.75. The van der Waals surface area contributed by atoms with E-state index in [4.69, 9.17) is 0 Å². The van der Waals surface area contributed by atoms with Crippen molar-refractivity contribution in [2.24, 2.45) is 0 Å². The number of hydrogen-bond donors (Lipinski definition) is 2. The summed E-state index contributed by atoms with van der Waals surface area (Å²) in [5.74, 6) is 0.669. The molecule has 1 atom stereocenters. The summed E-state index contributed by atoms with van der Waals surface area (Å²) in [5, 5.41) is 5.72. The third kappa shape index (κ3) is 4.38. The number of amides is 2. The fourth-order valence-electron chi connectivity index (χ4n) is 2.39. The predicted octanol–water partition coefficient (Wildman–Crippen LogP) is 3.73. The number of aromatic nitrogens is 3. The average Bonchev–Trinajstić information content (AvgIpc) is 2.63. The summed E-state index contributed by atoms with van der Waals surface area (Å²) in [6.07, 6.45) is 5.15. The predicted molar refractivity (Wildman–Crippen MR) is 97.0 cm³/mol. The van der Waals surface area contributed by atoms with Gasteiger partial charge in [-0.2, -0.15) is 0 Å². The van der Waals surface area contributed by atoms with Gasteiger partial charge in [0.15, 0.2) is 5.82 Å². The Hall–Kier alpha value is -3.28. The van der Waals surface area contributed by atoms with Crippen LogP contribution in [0, 0.1) is 6.92 Å². The zero-order valence-corrected chi connectivity index (χ0v) is 14.1. The molecule has 0 radical (unpaired) electrons. The van der Waals surface area contributed by atoms with E-state index in [1.165, 1.54) is 0 Å². The molecule has 2 heterocycles. The lowest BCUT2D eigenvalue weighted by Crippen LogP contribution is -2.31. The monoisotopic (exact) mass is 333 g/mol. The number of anilines is 1. The summed E-state index contributed by atoms with van der Waals surface area (Å²) in [6.45, 7) is 3.85. The van der Waals surface area contributed by atoms with Crippen molar-refractivity contribution in [1.29, 1.82) is 0 Å². The van der Waals surface area contributed by atoms with Crippen molar-refractivity contribution in [3.8, 4) is 11.4 Å². The van der Waals surface area contributed by atoms with Gasteiger partial charge in [-0.1, -0.05) is 0 Å². The molecule has 2 aromatic heterocycles. The second kappa shape index (κ2) is 7.53. The molecule has 25 heavy (non-hydrogen) atoms. The number of hydrogen-bond acceptors (Lipinski definition) is 4. The molecule has 0 saturated heterocycles. The molecule has 0 aliphatic rings. The van der Waals surface area contributed by atoms with Crippen LogP contribution in [0.5, 0.6) is 0 Å². The van der Waals surface area contributed by atoms with Gasteiger partial charge in [0.2, 0.25) is 0 Å². The Balaban J connectivity index is 1.62. The van der Waals surface area contributed by atoms with E-state index in [-0.39, 0.29) is 12.1 Å². The van der Waals surface area contributed by atoms with Crippen molar-refractivity contribution >= 4 is 11.7 Å². The lowest BCUT2D eigenvalue weighted by atomic mass is 10.1. The van der Waals surface area contributed by atoms with Gasteiger partial charge in [-0.3, -0.25) is 4.98 Å². The van der Waals surface area contributed by atoms with Crippen LogP contribution in [0.15, 0.2) is 61.1 Å². The van der Waals surface area contributed by atoms with Crippen molar-refractivity contribution in [2.45, 2.75) is 19.9 Å². The molecule has 3 aromatic rings. The molecule has 6 nitrogen and oxygen atoms in total. The Labute approximate surface area is 146 Å². The summed E-state index contributed by atoms with van der Waals surface area (Å²) >= 11 is 0. The van der Waals surface area contributed by atoms with E-state index >= 15 is 0 Å². The summed E-state index contributed by atoms with van der Waals surface area (Å²) in [4.78, 5) is 24.8. The smallest absolute Gasteiger partial charge is 0.319 e. The Morgan fingerprint density at radius 2 is 1.72 bits per heavy atom. The maximum atomic E-state index is 12.1. The van der Waals surface area contributed by atoms with Crippen LogP contribution in [-0.2, 0) is 0 Å². The van der Waals surface area contributed by atoms with Gasteiger partial charge in [-0.05, 0) is 61.9 Å². The first kappa shape index (κ1) is 16.6. The molecule has 2 N–H and O–H groups in total. The lowest BCUT2D eigenvalue weighted by Gasteiger charge is -2.15. The SMILES string of the molecule is Cc1ccnc(-c2ccc(NC(=O)NC(C)c3ccncc3)cc2)n1. The van der Waals surface area contributed by atoms with Gasteiger partial charge < -0.3 is 10.6 Å². The highest BCUT2D eigenvalue weighted by Gasteiger charge is 2.09. The first-order chi connectivity index (χ1) is 12.1.